The molecule has 0 saturated heterocycles. The average molecular weight is 325 g/mol. The van der Waals surface area contributed by atoms with Crippen LogP contribution >= 0.6 is 22.6 Å². The average Bonchev–Trinajstić information content (AvgIpc) is 2.41. The highest BCUT2D eigenvalue weighted by molar-refractivity contribution is 14.1. The molecule has 16 heavy (non-hydrogen) atoms. The number of amides is 1. The van der Waals surface area contributed by atoms with Crippen molar-refractivity contribution in [1.82, 2.24) is 0 Å². The zero-order valence-corrected chi connectivity index (χ0v) is 11.0. The van der Waals surface area contributed by atoms with Gasteiger partial charge in [0.2, 0.25) is 5.91 Å². The molecule has 0 aliphatic carbocycles. The first-order valence-corrected chi connectivity index (χ1v) is 6.33. The lowest BCUT2D eigenvalue weighted by atomic mass is 10.1. The van der Waals surface area contributed by atoms with Gasteiger partial charge in [-0.05, 0) is 47.1 Å². The molecule has 2 nitrogen and oxygen atoms in total. The Morgan fingerprint density at radius 2 is 2.25 bits per heavy atom. The minimum Gasteiger partial charge on any atom is -0.299 e. The molecule has 1 amide bonds. The first-order chi connectivity index (χ1) is 7.74. The normalized spacial score (nSPS) is 15.2. The number of nitrogens with zero attached hydrogens (tertiary/aromatic N) is 1. The fourth-order valence-electron chi connectivity index (χ4n) is 2.01. The van der Waals surface area contributed by atoms with Crippen LogP contribution in [0.1, 0.15) is 18.4 Å². The maximum atomic E-state index is 11.9. The summed E-state index contributed by atoms with van der Waals surface area (Å²) in [5.41, 5.74) is 2.25. The molecule has 0 N–H and O–H groups in total. The Labute approximate surface area is 109 Å². The van der Waals surface area contributed by atoms with Crippen molar-refractivity contribution in [1.29, 1.82) is 0 Å². The van der Waals surface area contributed by atoms with E-state index in [1.165, 1.54) is 5.56 Å². The summed E-state index contributed by atoms with van der Waals surface area (Å²) in [6.07, 6.45) is 7.79. The van der Waals surface area contributed by atoms with E-state index in [1.807, 2.05) is 12.1 Å². The van der Waals surface area contributed by atoms with Crippen molar-refractivity contribution < 1.29 is 4.79 Å². The van der Waals surface area contributed by atoms with Crippen LogP contribution in [-0.2, 0) is 11.2 Å². The zero-order valence-electron chi connectivity index (χ0n) is 8.87. The van der Waals surface area contributed by atoms with E-state index < -0.39 is 0 Å². The number of rotatable bonds is 1. The molecule has 1 aliphatic heterocycles. The molecule has 0 radical (unpaired) electrons. The molecule has 0 spiro atoms. The lowest BCUT2D eigenvalue weighted by Crippen LogP contribution is -2.31. The molecule has 0 atom stereocenters. The van der Waals surface area contributed by atoms with Crippen LogP contribution in [0.3, 0.4) is 0 Å². The number of para-hydroxylation sites is 1. The number of halogens is 1. The standard InChI is InChI=1S/C13H12INO/c1-2-9-15-12(16)8-4-6-10-5-3-7-11(14)13(10)15/h1,3,5,7H,4,6,8-9H2. The van der Waals surface area contributed by atoms with E-state index in [1.54, 1.807) is 4.90 Å². The largest absolute Gasteiger partial charge is 0.299 e. The van der Waals surface area contributed by atoms with Crippen LogP contribution in [0.25, 0.3) is 0 Å². The van der Waals surface area contributed by atoms with Gasteiger partial charge in [-0.2, -0.15) is 0 Å². The summed E-state index contributed by atoms with van der Waals surface area (Å²) in [7, 11) is 0. The third-order valence-electron chi connectivity index (χ3n) is 2.73. The fourth-order valence-corrected chi connectivity index (χ4v) is 2.86. The molecule has 0 fully saturated rings. The highest BCUT2D eigenvalue weighted by atomic mass is 127. The number of benzene rings is 1. The second-order valence-corrected chi connectivity index (χ2v) is 4.95. The lowest BCUT2D eigenvalue weighted by molar-refractivity contribution is -0.118. The van der Waals surface area contributed by atoms with Gasteiger partial charge in [0.25, 0.3) is 0 Å². The molecule has 1 aromatic rings. The minimum atomic E-state index is 0.140. The number of hydrogen-bond donors (Lipinski definition) is 0. The van der Waals surface area contributed by atoms with Crippen molar-refractivity contribution in [2.75, 3.05) is 11.4 Å². The van der Waals surface area contributed by atoms with Crippen LogP contribution in [0.5, 0.6) is 0 Å². The van der Waals surface area contributed by atoms with Gasteiger partial charge in [0.15, 0.2) is 0 Å². The summed E-state index contributed by atoms with van der Waals surface area (Å²) >= 11 is 2.26. The number of carbonyl (C=O) groups excluding carboxylic acids is 1. The van der Waals surface area contributed by atoms with E-state index in [9.17, 15) is 4.79 Å². The monoisotopic (exact) mass is 325 g/mol. The van der Waals surface area contributed by atoms with Crippen LogP contribution < -0.4 is 4.90 Å². The first kappa shape index (κ1) is 11.5. The second-order valence-electron chi connectivity index (χ2n) is 3.79. The van der Waals surface area contributed by atoms with E-state index in [-0.39, 0.29) is 5.91 Å². The van der Waals surface area contributed by atoms with Crippen LogP contribution in [0, 0.1) is 15.9 Å². The van der Waals surface area contributed by atoms with E-state index in [4.69, 9.17) is 6.42 Å². The summed E-state index contributed by atoms with van der Waals surface area (Å²) in [4.78, 5) is 13.7. The van der Waals surface area contributed by atoms with E-state index >= 15 is 0 Å². The van der Waals surface area contributed by atoms with Gasteiger partial charge in [-0.3, -0.25) is 9.69 Å². The van der Waals surface area contributed by atoms with E-state index in [0.29, 0.717) is 13.0 Å². The number of fused-ring (bicyclic) bond motifs is 1. The van der Waals surface area contributed by atoms with Gasteiger partial charge in [0.05, 0.1) is 12.2 Å². The van der Waals surface area contributed by atoms with Crippen molar-refractivity contribution >= 4 is 34.2 Å². The van der Waals surface area contributed by atoms with E-state index in [0.717, 1.165) is 22.1 Å². The Morgan fingerprint density at radius 1 is 1.44 bits per heavy atom. The molecule has 1 aliphatic rings. The summed E-state index contributed by atoms with van der Waals surface area (Å²) in [6.45, 7) is 0.367. The highest BCUT2D eigenvalue weighted by Crippen LogP contribution is 2.31. The molecule has 0 unspecified atom stereocenters. The smallest absolute Gasteiger partial charge is 0.227 e. The van der Waals surface area contributed by atoms with Crippen molar-refractivity contribution in [3.8, 4) is 12.3 Å². The van der Waals surface area contributed by atoms with Gasteiger partial charge >= 0.3 is 0 Å². The second kappa shape index (κ2) is 4.88. The quantitative estimate of drug-likeness (QED) is 0.574. The van der Waals surface area contributed by atoms with Gasteiger partial charge in [-0.1, -0.05) is 18.1 Å². The highest BCUT2D eigenvalue weighted by Gasteiger charge is 2.23. The molecule has 1 aromatic carbocycles. The maximum Gasteiger partial charge on any atom is 0.227 e. The van der Waals surface area contributed by atoms with Crippen molar-refractivity contribution in [2.45, 2.75) is 19.3 Å². The number of anilines is 1. The third kappa shape index (κ3) is 2.07. The summed E-state index contributed by atoms with van der Waals surface area (Å²) in [5, 5.41) is 0. The first-order valence-electron chi connectivity index (χ1n) is 5.25. The fraction of sp³-hybridized carbons (Fsp3) is 0.308. The van der Waals surface area contributed by atoms with Crippen molar-refractivity contribution in [2.24, 2.45) is 0 Å². The summed E-state index contributed by atoms with van der Waals surface area (Å²) in [5.74, 6) is 2.71. The Bertz CT molecular complexity index is 461. The van der Waals surface area contributed by atoms with Gasteiger partial charge in [-0.15, -0.1) is 6.42 Å². The van der Waals surface area contributed by atoms with Crippen LogP contribution in [0.15, 0.2) is 18.2 Å². The van der Waals surface area contributed by atoms with Gasteiger partial charge in [0.1, 0.15) is 0 Å². The molecule has 0 saturated carbocycles. The van der Waals surface area contributed by atoms with Gasteiger partial charge in [-0.25, -0.2) is 0 Å². The molecule has 82 valence electrons. The van der Waals surface area contributed by atoms with Crippen LogP contribution in [0.4, 0.5) is 5.69 Å². The number of hydrogen-bond acceptors (Lipinski definition) is 1. The van der Waals surface area contributed by atoms with Crippen molar-refractivity contribution in [3.05, 3.63) is 27.3 Å². The number of aryl methyl sites for hydroxylation is 1. The topological polar surface area (TPSA) is 20.3 Å². The third-order valence-corrected chi connectivity index (χ3v) is 3.60. The molecule has 0 aromatic heterocycles. The Kier molecular flexibility index (Phi) is 3.49. The Balaban J connectivity index is 2.53. The molecular formula is C13H12INO. The van der Waals surface area contributed by atoms with Crippen molar-refractivity contribution in [3.63, 3.8) is 0 Å². The predicted molar refractivity (Wildman–Crippen MR) is 73.3 cm³/mol. The number of carbonyl (C=O) groups is 1. The summed E-state index contributed by atoms with van der Waals surface area (Å²) < 4.78 is 1.10. The van der Waals surface area contributed by atoms with Crippen LogP contribution in [-0.4, -0.2) is 12.5 Å². The Morgan fingerprint density at radius 3 is 3.00 bits per heavy atom. The van der Waals surface area contributed by atoms with Crippen LogP contribution in [0.2, 0.25) is 0 Å². The molecule has 3 heteroatoms. The zero-order chi connectivity index (χ0) is 11.5. The number of terminal acetylenes is 1. The molecule has 2 rings (SSSR count). The molecule has 0 bridgehead atoms. The van der Waals surface area contributed by atoms with Gasteiger partial charge in [0, 0.05) is 9.99 Å². The Hall–Kier alpha value is -1.02. The van der Waals surface area contributed by atoms with E-state index in [2.05, 4.69) is 34.6 Å². The maximum absolute atomic E-state index is 11.9. The molecule has 1 heterocycles. The van der Waals surface area contributed by atoms with Gasteiger partial charge < -0.3 is 0 Å². The SMILES string of the molecule is C#CCN1C(=O)CCCc2cccc(I)c21. The molecular weight excluding hydrogens is 313 g/mol. The summed E-state index contributed by atoms with van der Waals surface area (Å²) in [6, 6.07) is 6.13. The minimum absolute atomic E-state index is 0.140. The predicted octanol–water partition coefficient (Wildman–Crippen LogP) is 2.59. The lowest BCUT2D eigenvalue weighted by Gasteiger charge is -2.21.